The molecular weight excluding hydrogens is 460 g/mol. The number of nitrogens with zero attached hydrogens (tertiary/aromatic N) is 1. The number of hydrogen-bond acceptors (Lipinski definition) is 6. The summed E-state index contributed by atoms with van der Waals surface area (Å²) in [5, 5.41) is 4.75. The zero-order valence-corrected chi connectivity index (χ0v) is 18.2. The lowest BCUT2D eigenvalue weighted by Crippen LogP contribution is -2.17. The molecule has 144 valence electrons. The van der Waals surface area contributed by atoms with E-state index in [9.17, 15) is 9.59 Å². The van der Waals surface area contributed by atoms with Gasteiger partial charge in [0.25, 0.3) is 0 Å². The van der Waals surface area contributed by atoms with E-state index >= 15 is 0 Å². The molecule has 0 unspecified atom stereocenters. The van der Waals surface area contributed by atoms with Crippen LogP contribution in [-0.2, 0) is 9.53 Å². The topological polar surface area (TPSA) is 68.3 Å². The van der Waals surface area contributed by atoms with E-state index in [1.54, 1.807) is 31.2 Å². The molecular formula is C20H17BrN2O3S2. The van der Waals surface area contributed by atoms with Crippen LogP contribution in [0, 0.1) is 0 Å². The average molecular weight is 477 g/mol. The maximum Gasteiger partial charge on any atom is 0.340 e. The van der Waals surface area contributed by atoms with Crippen molar-refractivity contribution in [3.63, 3.8) is 0 Å². The van der Waals surface area contributed by atoms with Crippen LogP contribution in [0.1, 0.15) is 17.3 Å². The number of thioether (sulfide) groups is 1. The van der Waals surface area contributed by atoms with Crippen molar-refractivity contribution in [3.05, 3.63) is 63.9 Å². The van der Waals surface area contributed by atoms with Gasteiger partial charge in [0.1, 0.15) is 0 Å². The van der Waals surface area contributed by atoms with Crippen LogP contribution in [0.15, 0.2) is 62.7 Å². The number of halogens is 1. The second-order valence-corrected chi connectivity index (χ2v) is 8.60. The summed E-state index contributed by atoms with van der Waals surface area (Å²) in [5.41, 5.74) is 2.70. The molecule has 3 aromatic rings. The number of benzene rings is 2. The third-order valence-corrected chi connectivity index (χ3v) is 6.20. The summed E-state index contributed by atoms with van der Waals surface area (Å²) in [7, 11) is 0. The fourth-order valence-electron chi connectivity index (χ4n) is 2.37. The minimum atomic E-state index is -0.454. The second-order valence-electron chi connectivity index (χ2n) is 5.61. The van der Waals surface area contributed by atoms with Gasteiger partial charge >= 0.3 is 5.97 Å². The number of thiazole rings is 1. The normalized spacial score (nSPS) is 10.5. The van der Waals surface area contributed by atoms with E-state index < -0.39 is 5.97 Å². The number of aromatic nitrogens is 1. The molecule has 3 rings (SSSR count). The van der Waals surface area contributed by atoms with Crippen molar-refractivity contribution in [2.75, 3.05) is 17.7 Å². The molecule has 0 atom stereocenters. The average Bonchev–Trinajstić information content (AvgIpc) is 3.16. The van der Waals surface area contributed by atoms with Crippen LogP contribution in [0.5, 0.6) is 0 Å². The van der Waals surface area contributed by atoms with Gasteiger partial charge < -0.3 is 10.1 Å². The largest absolute Gasteiger partial charge is 0.462 e. The van der Waals surface area contributed by atoms with Crippen LogP contribution < -0.4 is 5.32 Å². The van der Waals surface area contributed by atoms with Gasteiger partial charge in [0.2, 0.25) is 5.91 Å². The zero-order valence-electron chi connectivity index (χ0n) is 15.0. The van der Waals surface area contributed by atoms with Gasteiger partial charge in [0.15, 0.2) is 4.34 Å². The Bertz CT molecular complexity index is 974. The first-order valence-corrected chi connectivity index (χ1v) is 11.1. The van der Waals surface area contributed by atoms with Gasteiger partial charge in [-0.15, -0.1) is 11.3 Å². The van der Waals surface area contributed by atoms with Crippen molar-refractivity contribution < 1.29 is 14.3 Å². The van der Waals surface area contributed by atoms with E-state index in [1.165, 1.54) is 23.1 Å². The van der Waals surface area contributed by atoms with Crippen LogP contribution in [0.2, 0.25) is 0 Å². The fourth-order valence-corrected chi connectivity index (χ4v) is 4.27. The standard InChI is InChI=1S/C20H17BrN2O3S2/c1-2-26-19(25)15-5-3-4-6-16(15)22-18(24)12-28-20-23-17(11-27-20)13-7-9-14(21)10-8-13/h3-11H,2,12H2,1H3,(H,22,24). The van der Waals surface area contributed by atoms with Crippen molar-refractivity contribution in [2.45, 2.75) is 11.3 Å². The van der Waals surface area contributed by atoms with E-state index in [-0.39, 0.29) is 18.3 Å². The minimum Gasteiger partial charge on any atom is -0.462 e. The molecule has 0 aliphatic carbocycles. The molecule has 8 heteroatoms. The van der Waals surface area contributed by atoms with Crippen molar-refractivity contribution in [2.24, 2.45) is 0 Å². The molecule has 0 aliphatic heterocycles. The molecule has 1 N–H and O–H groups in total. The molecule has 28 heavy (non-hydrogen) atoms. The van der Waals surface area contributed by atoms with E-state index in [1.807, 2.05) is 29.6 Å². The van der Waals surface area contributed by atoms with Gasteiger partial charge in [-0.25, -0.2) is 9.78 Å². The highest BCUT2D eigenvalue weighted by Gasteiger charge is 2.14. The number of para-hydroxylation sites is 1. The number of carbonyl (C=O) groups is 2. The van der Waals surface area contributed by atoms with Gasteiger partial charge in [0.05, 0.1) is 29.3 Å². The Hall–Kier alpha value is -2.16. The Morgan fingerprint density at radius 3 is 2.68 bits per heavy atom. The SMILES string of the molecule is CCOC(=O)c1ccccc1NC(=O)CSc1nc(-c2ccc(Br)cc2)cs1. The van der Waals surface area contributed by atoms with Crippen molar-refractivity contribution in [3.8, 4) is 11.3 Å². The summed E-state index contributed by atoms with van der Waals surface area (Å²) in [6.07, 6.45) is 0. The lowest BCUT2D eigenvalue weighted by molar-refractivity contribution is -0.113. The first-order valence-electron chi connectivity index (χ1n) is 8.47. The number of rotatable bonds is 7. The van der Waals surface area contributed by atoms with E-state index in [0.29, 0.717) is 11.3 Å². The highest BCUT2D eigenvalue weighted by Crippen LogP contribution is 2.29. The van der Waals surface area contributed by atoms with Gasteiger partial charge in [0, 0.05) is 15.4 Å². The van der Waals surface area contributed by atoms with Crippen LogP contribution in [0.4, 0.5) is 5.69 Å². The van der Waals surface area contributed by atoms with E-state index in [4.69, 9.17) is 4.74 Å². The number of esters is 1. The summed E-state index contributed by atoms with van der Waals surface area (Å²) in [4.78, 5) is 28.9. The van der Waals surface area contributed by atoms with Crippen LogP contribution in [0.3, 0.4) is 0 Å². The highest BCUT2D eigenvalue weighted by atomic mass is 79.9. The Morgan fingerprint density at radius 2 is 1.93 bits per heavy atom. The predicted octanol–water partition coefficient (Wildman–Crippen LogP) is 5.48. The molecule has 5 nitrogen and oxygen atoms in total. The van der Waals surface area contributed by atoms with Crippen LogP contribution in [-0.4, -0.2) is 29.2 Å². The lowest BCUT2D eigenvalue weighted by atomic mass is 10.2. The smallest absolute Gasteiger partial charge is 0.340 e. The van der Waals surface area contributed by atoms with E-state index in [0.717, 1.165) is 20.1 Å². The number of ether oxygens (including phenoxy) is 1. The summed E-state index contributed by atoms with van der Waals surface area (Å²) in [6.45, 7) is 2.02. The third kappa shape index (κ3) is 5.43. The molecule has 0 radical (unpaired) electrons. The zero-order chi connectivity index (χ0) is 19.9. The molecule has 0 spiro atoms. The molecule has 0 aliphatic rings. The Kier molecular flexibility index (Phi) is 7.24. The number of nitrogens with one attached hydrogen (secondary N) is 1. The first-order chi connectivity index (χ1) is 13.6. The van der Waals surface area contributed by atoms with Gasteiger partial charge in [-0.1, -0.05) is 52.0 Å². The Morgan fingerprint density at radius 1 is 1.18 bits per heavy atom. The maximum absolute atomic E-state index is 12.3. The van der Waals surface area contributed by atoms with Crippen LogP contribution >= 0.6 is 39.0 Å². The van der Waals surface area contributed by atoms with Gasteiger partial charge in [-0.05, 0) is 31.2 Å². The molecule has 0 saturated heterocycles. The third-order valence-electron chi connectivity index (χ3n) is 3.65. The molecule has 1 heterocycles. The lowest BCUT2D eigenvalue weighted by Gasteiger charge is -2.09. The second kappa shape index (κ2) is 9.86. The summed E-state index contributed by atoms with van der Waals surface area (Å²) in [5.74, 6) is -0.461. The monoisotopic (exact) mass is 476 g/mol. The number of hydrogen-bond donors (Lipinski definition) is 1. The van der Waals surface area contributed by atoms with E-state index in [2.05, 4.69) is 26.2 Å². The summed E-state index contributed by atoms with van der Waals surface area (Å²) in [6, 6.07) is 14.7. The maximum atomic E-state index is 12.3. The number of amides is 1. The van der Waals surface area contributed by atoms with Crippen molar-refractivity contribution in [1.29, 1.82) is 0 Å². The first kappa shape index (κ1) is 20.6. The highest BCUT2D eigenvalue weighted by molar-refractivity contribution is 9.10. The van der Waals surface area contributed by atoms with Crippen molar-refractivity contribution >= 4 is 56.6 Å². The molecule has 1 amide bonds. The molecule has 0 bridgehead atoms. The molecule has 2 aromatic carbocycles. The predicted molar refractivity (Wildman–Crippen MR) is 117 cm³/mol. The Balaban J connectivity index is 1.60. The van der Waals surface area contributed by atoms with Crippen LogP contribution in [0.25, 0.3) is 11.3 Å². The minimum absolute atomic E-state index is 0.199. The fraction of sp³-hybridized carbons (Fsp3) is 0.150. The molecule has 0 saturated carbocycles. The summed E-state index contributed by atoms with van der Waals surface area (Å²) >= 11 is 6.28. The quantitative estimate of drug-likeness (QED) is 0.361. The number of anilines is 1. The van der Waals surface area contributed by atoms with Gasteiger partial charge in [-0.2, -0.15) is 0 Å². The van der Waals surface area contributed by atoms with Crippen molar-refractivity contribution in [1.82, 2.24) is 4.98 Å². The molecule has 1 aromatic heterocycles. The Labute approximate surface area is 179 Å². The molecule has 0 fully saturated rings. The van der Waals surface area contributed by atoms with Gasteiger partial charge in [-0.3, -0.25) is 4.79 Å². The summed E-state index contributed by atoms with van der Waals surface area (Å²) < 4.78 is 6.85. The number of carbonyl (C=O) groups excluding carboxylic acids is 2.